The molecule has 2 aliphatic heterocycles. The van der Waals surface area contributed by atoms with Gasteiger partial charge in [0.1, 0.15) is 5.75 Å². The zero-order valence-corrected chi connectivity index (χ0v) is 28.5. The highest BCUT2D eigenvalue weighted by Gasteiger charge is 2.70. The smallest absolute Gasteiger partial charge is 0.338 e. The van der Waals surface area contributed by atoms with Crippen molar-refractivity contribution in [2.24, 2.45) is 29.6 Å². The first-order valence-electron chi connectivity index (χ1n) is 16.0. The quantitative estimate of drug-likeness (QED) is 0.169. The highest BCUT2D eigenvalue weighted by atomic mass is 35.5. The molecule has 1 saturated heterocycles. The van der Waals surface area contributed by atoms with Gasteiger partial charge in [-0.3, -0.25) is 24.1 Å². The maximum Gasteiger partial charge on any atom is 0.338 e. The Labute approximate surface area is 294 Å². The first-order chi connectivity index (χ1) is 23.7. The van der Waals surface area contributed by atoms with Gasteiger partial charge < -0.3 is 19.8 Å². The van der Waals surface area contributed by atoms with E-state index in [-0.39, 0.29) is 64.7 Å². The number of aromatic amines is 1. The van der Waals surface area contributed by atoms with Gasteiger partial charge in [0.25, 0.3) is 5.91 Å². The van der Waals surface area contributed by atoms with Gasteiger partial charge in [-0.1, -0.05) is 41.1 Å². The van der Waals surface area contributed by atoms with E-state index in [0.29, 0.717) is 34.1 Å². The molecular weight excluding hydrogens is 686 g/mol. The number of hydrogen-bond donors (Lipinski definition) is 2. The maximum atomic E-state index is 14.2. The number of carbonyl (C=O) groups excluding carboxylic acids is 4. The number of anilines is 2. The molecule has 8 rings (SSSR count). The molecule has 4 aromatic rings. The number of H-pyrrole nitrogens is 1. The van der Waals surface area contributed by atoms with Gasteiger partial charge in [-0.15, -0.1) is 11.8 Å². The van der Waals surface area contributed by atoms with Gasteiger partial charge in [0.05, 0.1) is 34.7 Å². The number of carbonyl (C=O) groups is 4. The molecule has 6 unspecified atom stereocenters. The number of benzene rings is 3. The van der Waals surface area contributed by atoms with Crippen LogP contribution in [0.25, 0.3) is 0 Å². The molecule has 4 aliphatic rings. The Morgan fingerprint density at radius 2 is 1.71 bits per heavy atom. The van der Waals surface area contributed by atoms with Crippen LogP contribution < -0.4 is 19.8 Å². The van der Waals surface area contributed by atoms with Gasteiger partial charge in [0.2, 0.25) is 11.8 Å². The molecule has 3 heterocycles. The van der Waals surface area contributed by atoms with Crippen LogP contribution >= 0.6 is 34.7 Å². The van der Waals surface area contributed by atoms with E-state index >= 15 is 0 Å². The van der Waals surface area contributed by atoms with Gasteiger partial charge in [-0.2, -0.15) is 0 Å². The first-order valence-corrected chi connectivity index (χ1v) is 18.1. The Morgan fingerprint density at radius 1 is 0.980 bits per heavy atom. The molecule has 2 aliphatic carbocycles. The minimum atomic E-state index is -0.524. The number of nitrogens with zero attached hydrogens (tertiary/aromatic N) is 1. The Hall–Kier alpha value is -4.39. The number of rotatable bonds is 8. The van der Waals surface area contributed by atoms with Gasteiger partial charge in [0.15, 0.2) is 6.61 Å². The maximum absolute atomic E-state index is 14.2. The lowest BCUT2D eigenvalue weighted by atomic mass is 9.68. The lowest BCUT2D eigenvalue weighted by Crippen LogP contribution is -2.42. The van der Waals surface area contributed by atoms with Gasteiger partial charge in [-0.25, -0.2) is 4.79 Å². The van der Waals surface area contributed by atoms with Crippen LogP contribution in [0.2, 0.25) is 5.02 Å². The van der Waals surface area contributed by atoms with Crippen molar-refractivity contribution in [1.29, 1.82) is 0 Å². The van der Waals surface area contributed by atoms with Crippen molar-refractivity contribution >= 4 is 69.8 Å². The van der Waals surface area contributed by atoms with Crippen LogP contribution in [-0.2, 0) is 19.1 Å². The Morgan fingerprint density at radius 3 is 2.45 bits per heavy atom. The molecule has 250 valence electrons. The van der Waals surface area contributed by atoms with Gasteiger partial charge in [-0.05, 0) is 85.7 Å². The molecule has 0 radical (unpaired) electrons. The molecule has 3 amide bonds. The van der Waals surface area contributed by atoms with Crippen molar-refractivity contribution < 1.29 is 28.7 Å². The largest absolute Gasteiger partial charge is 0.483 e. The molecule has 2 bridgehead atoms. The summed E-state index contributed by atoms with van der Waals surface area (Å²) in [5.74, 6) is -2.52. The number of nitrogens with one attached hydrogen (secondary N) is 2. The third kappa shape index (κ3) is 5.37. The zero-order valence-electron chi connectivity index (χ0n) is 26.1. The summed E-state index contributed by atoms with van der Waals surface area (Å²) in [6, 6.07) is 20.7. The molecule has 2 saturated carbocycles. The van der Waals surface area contributed by atoms with E-state index in [2.05, 4.69) is 10.3 Å². The second-order valence-corrected chi connectivity index (χ2v) is 15.3. The van der Waals surface area contributed by atoms with Crippen LogP contribution in [0.15, 0.2) is 82.6 Å². The molecule has 2 N–H and O–H groups in total. The molecule has 3 aromatic carbocycles. The number of imide groups is 1. The topological polar surface area (TPSA) is 135 Å². The van der Waals surface area contributed by atoms with Crippen LogP contribution in [0.4, 0.5) is 11.4 Å². The Kier molecular flexibility index (Phi) is 8.12. The van der Waals surface area contributed by atoms with Crippen LogP contribution in [0, 0.1) is 29.6 Å². The fourth-order valence-electron chi connectivity index (χ4n) is 8.34. The standard InChI is InChI=1S/C36H30ClN3O7S2/c1-2-46-35(44)17-8-11-20(12-9-17)40-33(42)28-22-15-23(29(28)34(40)43)30-27(22)26(31-32(48-30)39-36(45)49-31)21-14-18(37)10-13-24(21)47-16-25(41)38-19-6-4-3-5-7-19/h3-14,22-23,26-30H,2,15-16H2,1H3,(H,38,41)(H,39,45)/t22?,23?,26-,27?,28?,29?,30?/m1/s1. The van der Waals surface area contributed by atoms with E-state index < -0.39 is 17.8 Å². The van der Waals surface area contributed by atoms with Gasteiger partial charge in [0, 0.05) is 32.3 Å². The molecule has 49 heavy (non-hydrogen) atoms. The molecule has 0 spiro atoms. The van der Waals surface area contributed by atoms with E-state index in [4.69, 9.17) is 21.1 Å². The van der Waals surface area contributed by atoms with E-state index in [0.717, 1.165) is 26.8 Å². The lowest BCUT2D eigenvalue weighted by Gasteiger charge is -2.43. The van der Waals surface area contributed by atoms with Crippen LogP contribution in [0.5, 0.6) is 5.75 Å². The van der Waals surface area contributed by atoms with E-state index in [1.807, 2.05) is 24.3 Å². The summed E-state index contributed by atoms with van der Waals surface area (Å²) in [5, 5.41) is 4.01. The van der Waals surface area contributed by atoms with Crippen molar-refractivity contribution in [2.75, 3.05) is 23.4 Å². The summed E-state index contributed by atoms with van der Waals surface area (Å²) in [7, 11) is 0. The van der Waals surface area contributed by atoms with E-state index in [1.54, 1.807) is 67.2 Å². The van der Waals surface area contributed by atoms with Crippen molar-refractivity contribution in [3.63, 3.8) is 0 Å². The molecular formula is C36H30ClN3O7S2. The summed E-state index contributed by atoms with van der Waals surface area (Å²) in [5.41, 5.74) is 2.15. The number of hydrogen-bond acceptors (Lipinski definition) is 9. The predicted molar refractivity (Wildman–Crippen MR) is 185 cm³/mol. The summed E-state index contributed by atoms with van der Waals surface area (Å²) in [4.78, 5) is 71.0. The second kappa shape index (κ2) is 12.5. The average Bonchev–Trinajstić information content (AvgIpc) is 3.83. The number of thiazole rings is 1. The van der Waals surface area contributed by atoms with Crippen LogP contribution in [-0.4, -0.2) is 47.1 Å². The molecule has 13 heteroatoms. The van der Waals surface area contributed by atoms with E-state index in [1.165, 1.54) is 4.90 Å². The fraction of sp³-hybridized carbons (Fsp3) is 0.306. The Bertz CT molecular complexity index is 2050. The predicted octanol–water partition coefficient (Wildman–Crippen LogP) is 5.96. The lowest BCUT2D eigenvalue weighted by molar-refractivity contribution is -0.123. The number of aromatic nitrogens is 1. The number of para-hydroxylation sites is 1. The number of amides is 3. The Balaban J connectivity index is 1.12. The number of halogens is 1. The molecule has 7 atom stereocenters. The summed E-state index contributed by atoms with van der Waals surface area (Å²) in [6.07, 6.45) is 0.705. The first kappa shape index (κ1) is 31.9. The van der Waals surface area contributed by atoms with Crippen molar-refractivity contribution in [3.8, 4) is 5.75 Å². The minimum Gasteiger partial charge on any atom is -0.483 e. The summed E-state index contributed by atoms with van der Waals surface area (Å²) < 4.78 is 11.2. The van der Waals surface area contributed by atoms with Crippen molar-refractivity contribution in [3.05, 3.63) is 103 Å². The zero-order chi connectivity index (χ0) is 34.0. The third-order valence-corrected chi connectivity index (χ3v) is 12.9. The highest BCUT2D eigenvalue weighted by Crippen LogP contribution is 2.69. The normalized spacial score (nSPS) is 26.2. The fourth-order valence-corrected chi connectivity index (χ4v) is 11.4. The second-order valence-electron chi connectivity index (χ2n) is 12.6. The number of fused-ring (bicyclic) bond motifs is 9. The number of thioether (sulfide) groups is 1. The summed E-state index contributed by atoms with van der Waals surface area (Å²) >= 11 is 9.30. The van der Waals surface area contributed by atoms with Crippen LogP contribution in [0.1, 0.15) is 40.1 Å². The SMILES string of the molecule is CCOC(=O)c1ccc(N2C(=O)C3C4CC(C3C2=O)C2C4Sc3[nH]c(=O)sc3[C@@H]2c2cc(Cl)ccc2OCC(=O)Nc2ccccc2)cc1. The number of esters is 1. The van der Waals surface area contributed by atoms with Crippen molar-refractivity contribution in [2.45, 2.75) is 29.5 Å². The third-order valence-electron chi connectivity index (χ3n) is 10.1. The molecule has 1 aromatic heterocycles. The minimum absolute atomic E-state index is 0.0508. The summed E-state index contributed by atoms with van der Waals surface area (Å²) in [6.45, 7) is 1.72. The van der Waals surface area contributed by atoms with E-state index in [9.17, 15) is 24.0 Å². The average molecular weight is 716 g/mol. The number of ether oxygens (including phenoxy) is 2. The molecule has 10 nitrogen and oxygen atoms in total. The highest BCUT2D eigenvalue weighted by molar-refractivity contribution is 8.00. The van der Waals surface area contributed by atoms with Crippen molar-refractivity contribution in [1.82, 2.24) is 4.98 Å². The van der Waals surface area contributed by atoms with Crippen LogP contribution in [0.3, 0.4) is 0 Å². The monoisotopic (exact) mass is 715 g/mol. The molecule has 3 fully saturated rings. The van der Waals surface area contributed by atoms with Gasteiger partial charge >= 0.3 is 10.8 Å².